The molecule has 0 radical (unpaired) electrons. The van der Waals surface area contributed by atoms with Crippen LogP contribution in [0, 0.1) is 12.8 Å². The third-order valence-corrected chi connectivity index (χ3v) is 3.35. The molecular weight excluding hydrogens is 251 g/mol. The first-order valence-electron chi connectivity index (χ1n) is 5.00. The van der Waals surface area contributed by atoms with E-state index in [-0.39, 0.29) is 24.9 Å². The third kappa shape index (κ3) is 2.82. The van der Waals surface area contributed by atoms with E-state index in [0.717, 1.165) is 0 Å². The van der Waals surface area contributed by atoms with Crippen molar-refractivity contribution in [2.24, 2.45) is 5.92 Å². The van der Waals surface area contributed by atoms with Crippen LogP contribution in [0.4, 0.5) is 9.90 Å². The number of carbonyl (C=O) groups is 1. The number of halogens is 1. The second-order valence-corrected chi connectivity index (χ2v) is 5.46. The number of hydrogen-bond acceptors (Lipinski definition) is 5. The van der Waals surface area contributed by atoms with Gasteiger partial charge in [0.1, 0.15) is 6.26 Å². The summed E-state index contributed by atoms with van der Waals surface area (Å²) in [5.41, 5.74) is 0.620. The van der Waals surface area contributed by atoms with Gasteiger partial charge in [-0.2, -0.15) is 13.4 Å². The summed E-state index contributed by atoms with van der Waals surface area (Å²) in [6.45, 7) is 1.82. The van der Waals surface area contributed by atoms with Crippen LogP contribution in [0.2, 0.25) is 0 Å². The van der Waals surface area contributed by atoms with E-state index in [2.05, 4.69) is 4.98 Å². The predicted molar refractivity (Wildman–Crippen MR) is 56.6 cm³/mol. The molecule has 0 aromatic carbocycles. The molecule has 2 heterocycles. The standard InChI is InChI=1S/C9H11FN2O4S/c1-6-4-16-9(11-6)12-3-7(2-8(12)13)5-17(10,14)15/h4,7H,2-3,5H2,1H3. The molecule has 0 saturated carbocycles. The van der Waals surface area contributed by atoms with Crippen molar-refractivity contribution in [2.45, 2.75) is 13.3 Å². The number of anilines is 1. The molecule has 1 aromatic heterocycles. The fraction of sp³-hybridized carbons (Fsp3) is 0.556. The maximum atomic E-state index is 12.5. The highest BCUT2D eigenvalue weighted by Gasteiger charge is 2.35. The molecule has 0 spiro atoms. The molecule has 0 bridgehead atoms. The summed E-state index contributed by atoms with van der Waals surface area (Å²) in [5.74, 6) is -1.50. The molecular formula is C9H11FN2O4S. The Balaban J connectivity index is 2.10. The van der Waals surface area contributed by atoms with E-state index < -0.39 is 21.9 Å². The Hall–Kier alpha value is -1.44. The minimum absolute atomic E-state index is 0.00935. The van der Waals surface area contributed by atoms with E-state index in [9.17, 15) is 17.1 Å². The molecule has 1 aliphatic heterocycles. The predicted octanol–water partition coefficient (Wildman–Crippen LogP) is 0.635. The van der Waals surface area contributed by atoms with Crippen LogP contribution in [0.1, 0.15) is 12.1 Å². The summed E-state index contributed by atoms with van der Waals surface area (Å²) < 4.78 is 38.6. The summed E-state index contributed by atoms with van der Waals surface area (Å²) in [7, 11) is -4.56. The van der Waals surface area contributed by atoms with Crippen LogP contribution in [0.25, 0.3) is 0 Å². The Morgan fingerprint density at radius 1 is 1.65 bits per heavy atom. The number of aromatic nitrogens is 1. The minimum Gasteiger partial charge on any atom is -0.431 e. The first-order valence-corrected chi connectivity index (χ1v) is 6.55. The molecule has 1 fully saturated rings. The van der Waals surface area contributed by atoms with Crippen molar-refractivity contribution < 1.29 is 21.5 Å². The van der Waals surface area contributed by atoms with E-state index in [4.69, 9.17) is 4.42 Å². The first kappa shape index (κ1) is 12.0. The summed E-state index contributed by atoms with van der Waals surface area (Å²) in [6, 6.07) is 0.131. The van der Waals surface area contributed by atoms with Crippen molar-refractivity contribution in [3.8, 4) is 0 Å². The maximum Gasteiger partial charge on any atom is 0.304 e. The lowest BCUT2D eigenvalue weighted by molar-refractivity contribution is -0.117. The van der Waals surface area contributed by atoms with Crippen molar-refractivity contribution in [1.29, 1.82) is 0 Å². The smallest absolute Gasteiger partial charge is 0.304 e. The fourth-order valence-corrected chi connectivity index (χ4v) is 2.61. The van der Waals surface area contributed by atoms with Gasteiger partial charge in [-0.1, -0.05) is 0 Å². The Kier molecular flexibility index (Phi) is 2.90. The molecule has 17 heavy (non-hydrogen) atoms. The number of amides is 1. The highest BCUT2D eigenvalue weighted by Crippen LogP contribution is 2.25. The van der Waals surface area contributed by atoms with Crippen molar-refractivity contribution in [3.05, 3.63) is 12.0 Å². The monoisotopic (exact) mass is 262 g/mol. The summed E-state index contributed by atoms with van der Waals surface area (Å²) in [5, 5.41) is 0. The molecule has 94 valence electrons. The van der Waals surface area contributed by atoms with Crippen LogP contribution in [-0.2, 0) is 15.0 Å². The maximum absolute atomic E-state index is 12.5. The van der Waals surface area contributed by atoms with Crippen LogP contribution < -0.4 is 4.90 Å². The van der Waals surface area contributed by atoms with Gasteiger partial charge >= 0.3 is 16.2 Å². The van der Waals surface area contributed by atoms with Gasteiger partial charge in [-0.25, -0.2) is 0 Å². The average Bonchev–Trinajstić information content (AvgIpc) is 2.70. The van der Waals surface area contributed by atoms with Crippen LogP contribution in [0.5, 0.6) is 0 Å². The molecule has 1 aliphatic rings. The van der Waals surface area contributed by atoms with Gasteiger partial charge in [0, 0.05) is 18.9 Å². The van der Waals surface area contributed by atoms with Crippen molar-refractivity contribution >= 4 is 22.1 Å². The lowest BCUT2D eigenvalue weighted by Gasteiger charge is -2.10. The number of hydrogen-bond donors (Lipinski definition) is 0. The average molecular weight is 262 g/mol. The third-order valence-electron chi connectivity index (χ3n) is 2.48. The summed E-state index contributed by atoms with van der Waals surface area (Å²) in [6.07, 6.45) is 1.38. The zero-order valence-corrected chi connectivity index (χ0v) is 9.91. The van der Waals surface area contributed by atoms with Gasteiger partial charge < -0.3 is 4.42 Å². The van der Waals surface area contributed by atoms with Crippen LogP contribution in [0.15, 0.2) is 10.7 Å². The van der Waals surface area contributed by atoms with Crippen molar-refractivity contribution in [2.75, 3.05) is 17.2 Å². The Bertz CT molecular complexity index is 539. The van der Waals surface area contributed by atoms with E-state index in [0.29, 0.717) is 5.69 Å². The molecule has 1 unspecified atom stereocenters. The van der Waals surface area contributed by atoms with E-state index in [1.165, 1.54) is 11.2 Å². The second kappa shape index (κ2) is 4.10. The lowest BCUT2D eigenvalue weighted by Crippen LogP contribution is -2.25. The van der Waals surface area contributed by atoms with Crippen LogP contribution in [-0.4, -0.2) is 31.6 Å². The highest BCUT2D eigenvalue weighted by atomic mass is 32.3. The minimum atomic E-state index is -4.56. The number of nitrogens with zero attached hydrogens (tertiary/aromatic N) is 2. The number of oxazole rings is 1. The second-order valence-electron chi connectivity index (χ2n) is 4.05. The molecule has 0 N–H and O–H groups in total. The molecule has 8 heteroatoms. The van der Waals surface area contributed by atoms with Gasteiger partial charge in [0.2, 0.25) is 5.91 Å². The first-order chi connectivity index (χ1) is 7.85. The molecule has 1 aromatic rings. The number of rotatable bonds is 3. The lowest BCUT2D eigenvalue weighted by atomic mass is 10.1. The summed E-state index contributed by atoms with van der Waals surface area (Å²) in [4.78, 5) is 16.8. The normalized spacial score (nSPS) is 21.2. The molecule has 1 amide bonds. The van der Waals surface area contributed by atoms with Gasteiger partial charge in [0.05, 0.1) is 11.4 Å². The van der Waals surface area contributed by atoms with Crippen LogP contribution >= 0.6 is 0 Å². The molecule has 1 saturated heterocycles. The molecule has 2 rings (SSSR count). The zero-order valence-electron chi connectivity index (χ0n) is 9.09. The van der Waals surface area contributed by atoms with Gasteiger partial charge in [0.15, 0.2) is 0 Å². The topological polar surface area (TPSA) is 80.5 Å². The Morgan fingerprint density at radius 2 is 2.35 bits per heavy atom. The molecule has 0 aliphatic carbocycles. The molecule has 1 atom stereocenters. The van der Waals surface area contributed by atoms with E-state index in [1.807, 2.05) is 0 Å². The van der Waals surface area contributed by atoms with Gasteiger partial charge in [0.25, 0.3) is 0 Å². The van der Waals surface area contributed by atoms with Crippen molar-refractivity contribution in [1.82, 2.24) is 4.98 Å². The van der Waals surface area contributed by atoms with Gasteiger partial charge in [-0.15, -0.1) is 3.89 Å². The SMILES string of the molecule is Cc1coc(N2CC(CS(=O)(=O)F)CC2=O)n1. The van der Waals surface area contributed by atoms with E-state index in [1.54, 1.807) is 6.92 Å². The quantitative estimate of drug-likeness (QED) is 0.746. The zero-order chi connectivity index (χ0) is 12.6. The Morgan fingerprint density at radius 3 is 2.88 bits per heavy atom. The van der Waals surface area contributed by atoms with Gasteiger partial charge in [-0.3, -0.25) is 9.69 Å². The highest BCUT2D eigenvalue weighted by molar-refractivity contribution is 7.86. The number of aryl methyl sites for hydroxylation is 1. The number of carbonyl (C=O) groups excluding carboxylic acids is 1. The van der Waals surface area contributed by atoms with Crippen molar-refractivity contribution in [3.63, 3.8) is 0 Å². The summed E-state index contributed by atoms with van der Waals surface area (Å²) >= 11 is 0. The van der Waals surface area contributed by atoms with Gasteiger partial charge in [-0.05, 0) is 6.92 Å². The Labute approximate surface area is 97.6 Å². The fourth-order valence-electron chi connectivity index (χ4n) is 1.83. The van der Waals surface area contributed by atoms with Crippen LogP contribution in [0.3, 0.4) is 0 Å². The van der Waals surface area contributed by atoms with E-state index >= 15 is 0 Å². The largest absolute Gasteiger partial charge is 0.431 e. The molecule has 6 nitrogen and oxygen atoms in total.